The molecule has 1 N–H and O–H groups in total. The maximum Gasteiger partial charge on any atom is 0.239 e. The second-order valence-corrected chi connectivity index (χ2v) is 4.11. The Morgan fingerprint density at radius 1 is 1.35 bits per heavy atom. The van der Waals surface area contributed by atoms with Crippen LogP contribution >= 0.6 is 11.3 Å². The summed E-state index contributed by atoms with van der Waals surface area (Å²) >= 11 is 1.48. The zero-order chi connectivity index (χ0) is 12.3. The van der Waals surface area contributed by atoms with Crippen molar-refractivity contribution in [2.75, 3.05) is 5.32 Å². The molecule has 0 saturated carbocycles. The van der Waals surface area contributed by atoms with Crippen molar-refractivity contribution >= 4 is 22.9 Å². The van der Waals surface area contributed by atoms with E-state index in [0.717, 1.165) is 17.7 Å². The lowest BCUT2D eigenvalue weighted by atomic mass is 10.2. The van der Waals surface area contributed by atoms with E-state index in [0.29, 0.717) is 0 Å². The van der Waals surface area contributed by atoms with Crippen LogP contribution in [0, 0.1) is 11.9 Å². The molecule has 0 saturated heterocycles. The molecule has 3 nitrogen and oxygen atoms in total. The molecule has 0 aliphatic heterocycles. The molecule has 0 fully saturated rings. The van der Waals surface area contributed by atoms with Gasteiger partial charge in [-0.05, 0) is 34.5 Å². The summed E-state index contributed by atoms with van der Waals surface area (Å²) in [5, 5.41) is 6.02. The lowest BCUT2D eigenvalue weighted by Crippen LogP contribution is -2.15. The summed E-state index contributed by atoms with van der Waals surface area (Å²) in [4.78, 5) is 14.5. The van der Waals surface area contributed by atoms with Crippen molar-refractivity contribution in [3.05, 3.63) is 46.4 Å². The molecule has 0 spiro atoms. The molecule has 0 radical (unpaired) electrons. The predicted molar refractivity (Wildman–Crippen MR) is 60.8 cm³/mol. The summed E-state index contributed by atoms with van der Waals surface area (Å²) in [5.74, 6) is -2.31. The quantitative estimate of drug-likeness (QED) is 0.855. The van der Waals surface area contributed by atoms with Crippen LogP contribution < -0.4 is 5.32 Å². The van der Waals surface area contributed by atoms with E-state index in [9.17, 15) is 13.6 Å². The van der Waals surface area contributed by atoms with Crippen LogP contribution in [0.4, 0.5) is 14.5 Å². The summed E-state index contributed by atoms with van der Waals surface area (Å²) in [6.07, 6.45) is 0.153. The van der Waals surface area contributed by atoms with Crippen molar-refractivity contribution in [2.45, 2.75) is 6.42 Å². The monoisotopic (exact) mass is 254 g/mol. The minimum atomic E-state index is -1.02. The van der Waals surface area contributed by atoms with Crippen LogP contribution in [-0.2, 0) is 11.2 Å². The van der Waals surface area contributed by atoms with Gasteiger partial charge in [0, 0.05) is 0 Å². The third-order valence-corrected chi connectivity index (χ3v) is 2.77. The van der Waals surface area contributed by atoms with Crippen molar-refractivity contribution in [2.24, 2.45) is 0 Å². The molecule has 17 heavy (non-hydrogen) atoms. The number of nitrogens with one attached hydrogen (secondary N) is 1. The Bertz CT molecular complexity index is 528. The lowest BCUT2D eigenvalue weighted by Gasteiger charge is -2.04. The zero-order valence-electron chi connectivity index (χ0n) is 8.61. The highest BCUT2D eigenvalue weighted by molar-refractivity contribution is 7.08. The highest BCUT2D eigenvalue weighted by atomic mass is 32.1. The van der Waals surface area contributed by atoms with Crippen molar-refractivity contribution in [1.29, 1.82) is 0 Å². The molecule has 0 bridgehead atoms. The van der Waals surface area contributed by atoms with Gasteiger partial charge in [-0.1, -0.05) is 0 Å². The third-order valence-electron chi connectivity index (χ3n) is 2.03. The average Bonchev–Trinajstić information content (AvgIpc) is 2.75. The molecular weight excluding hydrogens is 246 g/mol. The van der Waals surface area contributed by atoms with E-state index in [4.69, 9.17) is 0 Å². The molecule has 2 heterocycles. The Hall–Kier alpha value is -1.82. The van der Waals surface area contributed by atoms with Gasteiger partial charge in [0.25, 0.3) is 0 Å². The molecule has 0 unspecified atom stereocenters. The van der Waals surface area contributed by atoms with E-state index in [1.165, 1.54) is 11.3 Å². The number of rotatable bonds is 3. The van der Waals surface area contributed by atoms with Crippen LogP contribution in [0.3, 0.4) is 0 Å². The summed E-state index contributed by atoms with van der Waals surface area (Å²) < 4.78 is 25.7. The molecular formula is C11H8F2N2OS. The first-order valence-electron chi connectivity index (χ1n) is 4.78. The normalized spacial score (nSPS) is 10.2. The topological polar surface area (TPSA) is 42.0 Å². The number of anilines is 1. The van der Waals surface area contributed by atoms with E-state index in [1.54, 1.807) is 0 Å². The second-order valence-electron chi connectivity index (χ2n) is 3.33. The summed E-state index contributed by atoms with van der Waals surface area (Å²) in [6.45, 7) is 0. The fourth-order valence-corrected chi connectivity index (χ4v) is 1.95. The van der Waals surface area contributed by atoms with Gasteiger partial charge in [-0.25, -0.2) is 0 Å². The maximum absolute atomic E-state index is 13.1. The summed E-state index contributed by atoms with van der Waals surface area (Å²) in [6, 6.07) is 3.94. The number of carbonyl (C=O) groups is 1. The smallest absolute Gasteiger partial charge is 0.239 e. The van der Waals surface area contributed by atoms with Gasteiger partial charge >= 0.3 is 0 Å². The van der Waals surface area contributed by atoms with E-state index in [-0.39, 0.29) is 18.0 Å². The van der Waals surface area contributed by atoms with E-state index >= 15 is 0 Å². The Kier molecular flexibility index (Phi) is 3.43. The van der Waals surface area contributed by atoms with Gasteiger partial charge in [0.1, 0.15) is 0 Å². The Balaban J connectivity index is 2.03. The number of amides is 1. The Labute approximate surface area is 100 Å². The molecule has 88 valence electrons. The maximum atomic E-state index is 13.1. The Morgan fingerprint density at radius 2 is 2.18 bits per heavy atom. The predicted octanol–water partition coefficient (Wildman–Crippen LogP) is 2.60. The first kappa shape index (κ1) is 11.7. The lowest BCUT2D eigenvalue weighted by molar-refractivity contribution is -0.115. The fourth-order valence-electron chi connectivity index (χ4n) is 1.28. The van der Waals surface area contributed by atoms with E-state index in [2.05, 4.69) is 10.3 Å². The van der Waals surface area contributed by atoms with Crippen LogP contribution in [0.2, 0.25) is 0 Å². The number of carbonyl (C=O) groups excluding carboxylic acids is 1. The zero-order valence-corrected chi connectivity index (χ0v) is 9.43. The first-order chi connectivity index (χ1) is 8.15. The molecule has 2 aromatic rings. The molecule has 0 aliphatic carbocycles. The van der Waals surface area contributed by atoms with Gasteiger partial charge in [-0.3, -0.25) is 4.79 Å². The number of halogens is 2. The van der Waals surface area contributed by atoms with Crippen LogP contribution in [0.5, 0.6) is 0 Å². The molecule has 0 aliphatic rings. The standard InChI is InChI=1S/C11H8F2N2OS/c12-9-2-1-8(11(13)15-9)14-10(16)5-7-3-4-17-6-7/h1-4,6H,5H2,(H,14,16). The summed E-state index contributed by atoms with van der Waals surface area (Å²) in [5.41, 5.74) is 0.731. The van der Waals surface area contributed by atoms with Crippen molar-refractivity contribution < 1.29 is 13.6 Å². The van der Waals surface area contributed by atoms with Gasteiger partial charge in [0.05, 0.1) is 12.1 Å². The average molecular weight is 254 g/mol. The number of hydrogen-bond acceptors (Lipinski definition) is 3. The second kappa shape index (κ2) is 5.01. The first-order valence-corrected chi connectivity index (χ1v) is 5.72. The van der Waals surface area contributed by atoms with Gasteiger partial charge in [0.15, 0.2) is 0 Å². The molecule has 1 amide bonds. The highest BCUT2D eigenvalue weighted by Gasteiger charge is 2.09. The van der Waals surface area contributed by atoms with Crippen LogP contribution in [0.25, 0.3) is 0 Å². The number of aromatic nitrogens is 1. The molecule has 0 aromatic carbocycles. The third kappa shape index (κ3) is 3.07. The fraction of sp³-hybridized carbons (Fsp3) is 0.0909. The minimum absolute atomic E-state index is 0.119. The van der Waals surface area contributed by atoms with Crippen molar-refractivity contribution in [1.82, 2.24) is 4.98 Å². The molecule has 6 heteroatoms. The largest absolute Gasteiger partial charge is 0.322 e. The minimum Gasteiger partial charge on any atom is -0.322 e. The Morgan fingerprint density at radius 3 is 2.82 bits per heavy atom. The van der Waals surface area contributed by atoms with Gasteiger partial charge < -0.3 is 5.32 Å². The highest BCUT2D eigenvalue weighted by Crippen LogP contribution is 2.13. The number of hydrogen-bond donors (Lipinski definition) is 1. The van der Waals surface area contributed by atoms with Crippen LogP contribution in [0.1, 0.15) is 5.56 Å². The number of pyridine rings is 1. The van der Waals surface area contributed by atoms with Crippen LogP contribution in [0.15, 0.2) is 29.0 Å². The SMILES string of the molecule is O=C(Cc1ccsc1)Nc1ccc(F)nc1F. The van der Waals surface area contributed by atoms with E-state index < -0.39 is 11.9 Å². The van der Waals surface area contributed by atoms with E-state index in [1.807, 2.05) is 16.8 Å². The molecule has 2 rings (SSSR count). The van der Waals surface area contributed by atoms with Gasteiger partial charge in [-0.2, -0.15) is 25.1 Å². The molecule has 0 atom stereocenters. The summed E-state index contributed by atoms with van der Waals surface area (Å²) in [7, 11) is 0. The van der Waals surface area contributed by atoms with Crippen molar-refractivity contribution in [3.63, 3.8) is 0 Å². The van der Waals surface area contributed by atoms with Gasteiger partial charge in [-0.15, -0.1) is 0 Å². The van der Waals surface area contributed by atoms with Gasteiger partial charge in [0.2, 0.25) is 17.8 Å². The number of thiophene rings is 1. The van der Waals surface area contributed by atoms with Crippen LogP contribution in [-0.4, -0.2) is 10.9 Å². The van der Waals surface area contributed by atoms with Crippen molar-refractivity contribution in [3.8, 4) is 0 Å². The number of nitrogens with zero attached hydrogens (tertiary/aromatic N) is 1. The molecule has 2 aromatic heterocycles.